The first-order chi connectivity index (χ1) is 16.0. The second kappa shape index (κ2) is 10.2. The lowest BCUT2D eigenvalue weighted by molar-refractivity contribution is -0.384. The van der Waals surface area contributed by atoms with E-state index >= 15 is 0 Å². The van der Waals surface area contributed by atoms with Gasteiger partial charge in [-0.15, -0.1) is 0 Å². The summed E-state index contributed by atoms with van der Waals surface area (Å²) in [6, 6.07) is 7.88. The van der Waals surface area contributed by atoms with Crippen LogP contribution in [0.4, 0.5) is 24.5 Å². The van der Waals surface area contributed by atoms with Crippen LogP contribution in [-0.4, -0.2) is 50.1 Å². The Hall–Kier alpha value is -3.50. The van der Waals surface area contributed by atoms with Crippen LogP contribution in [0.15, 0.2) is 36.4 Å². The van der Waals surface area contributed by atoms with E-state index in [1.54, 1.807) is 36.1 Å². The Morgan fingerprint density at radius 1 is 1.15 bits per heavy atom. The number of methoxy groups -OCH3 is 2. The van der Waals surface area contributed by atoms with Crippen molar-refractivity contribution in [2.24, 2.45) is 5.92 Å². The summed E-state index contributed by atoms with van der Waals surface area (Å²) in [7, 11) is 4.78. The lowest BCUT2D eigenvalue weighted by atomic mass is 9.94. The molecule has 0 radical (unpaired) electrons. The van der Waals surface area contributed by atoms with Crippen molar-refractivity contribution in [3.8, 4) is 11.5 Å². The van der Waals surface area contributed by atoms with E-state index in [9.17, 15) is 28.1 Å². The van der Waals surface area contributed by atoms with E-state index in [0.717, 1.165) is 17.7 Å². The molecule has 1 saturated heterocycles. The van der Waals surface area contributed by atoms with E-state index in [4.69, 9.17) is 9.47 Å². The van der Waals surface area contributed by atoms with E-state index in [-0.39, 0.29) is 17.5 Å². The number of anilines is 1. The molecule has 0 N–H and O–H groups in total. The van der Waals surface area contributed by atoms with Gasteiger partial charge >= 0.3 is 6.18 Å². The molecule has 1 aliphatic heterocycles. The fraction of sp³-hybridized carbons (Fsp3) is 0.435. The van der Waals surface area contributed by atoms with E-state index < -0.39 is 22.4 Å². The smallest absolute Gasteiger partial charge is 0.416 e. The second-order valence-electron chi connectivity index (χ2n) is 8.09. The van der Waals surface area contributed by atoms with Gasteiger partial charge in [-0.1, -0.05) is 0 Å². The highest BCUT2D eigenvalue weighted by atomic mass is 19.4. The van der Waals surface area contributed by atoms with Crippen LogP contribution >= 0.6 is 0 Å². The summed E-state index contributed by atoms with van der Waals surface area (Å²) in [6.07, 6.45) is -3.80. The number of amides is 1. The van der Waals surface area contributed by atoms with Crippen molar-refractivity contribution in [1.82, 2.24) is 4.90 Å². The third kappa shape index (κ3) is 5.52. The summed E-state index contributed by atoms with van der Waals surface area (Å²) >= 11 is 0. The maximum atomic E-state index is 13.0. The van der Waals surface area contributed by atoms with Crippen LogP contribution in [-0.2, 0) is 17.5 Å². The standard InChI is InChI=1S/C23H26F3N3O5/c1-27(14-16-4-6-18(33-2)13-21(16)34-3)22(30)15-8-10-28(11-9-15)19-7-5-17(23(24,25)26)12-20(19)29(31)32/h4-7,12-13,15H,8-11,14H2,1-3H3. The molecule has 3 rings (SSSR count). The Morgan fingerprint density at radius 2 is 1.82 bits per heavy atom. The van der Waals surface area contributed by atoms with Crippen molar-refractivity contribution < 1.29 is 32.4 Å². The molecule has 1 fully saturated rings. The van der Waals surface area contributed by atoms with Gasteiger partial charge in [0.15, 0.2) is 0 Å². The predicted molar refractivity (Wildman–Crippen MR) is 119 cm³/mol. The van der Waals surface area contributed by atoms with Crippen LogP contribution in [0.2, 0.25) is 0 Å². The molecular formula is C23H26F3N3O5. The average molecular weight is 481 g/mol. The van der Waals surface area contributed by atoms with Gasteiger partial charge in [0.1, 0.15) is 17.2 Å². The number of alkyl halides is 3. The zero-order valence-corrected chi connectivity index (χ0v) is 19.1. The van der Waals surface area contributed by atoms with Crippen LogP contribution in [0.25, 0.3) is 0 Å². The highest BCUT2D eigenvalue weighted by Crippen LogP contribution is 2.38. The summed E-state index contributed by atoms with van der Waals surface area (Å²) in [4.78, 5) is 26.9. The molecule has 184 valence electrons. The first kappa shape index (κ1) is 25.1. The van der Waals surface area contributed by atoms with Gasteiger partial charge in [-0.3, -0.25) is 14.9 Å². The molecule has 8 nitrogen and oxygen atoms in total. The molecule has 0 aliphatic carbocycles. The zero-order valence-electron chi connectivity index (χ0n) is 19.1. The number of carbonyl (C=O) groups excluding carboxylic acids is 1. The third-order valence-corrected chi connectivity index (χ3v) is 5.96. The fourth-order valence-corrected chi connectivity index (χ4v) is 4.11. The third-order valence-electron chi connectivity index (χ3n) is 5.96. The number of benzene rings is 2. The van der Waals surface area contributed by atoms with Gasteiger partial charge in [0.05, 0.1) is 24.7 Å². The van der Waals surface area contributed by atoms with E-state index in [1.807, 2.05) is 6.07 Å². The number of nitrogens with zero attached hydrogens (tertiary/aromatic N) is 3. The van der Waals surface area contributed by atoms with Crippen LogP contribution in [0.3, 0.4) is 0 Å². The summed E-state index contributed by atoms with van der Waals surface area (Å²) < 4.78 is 49.5. The molecule has 1 heterocycles. The van der Waals surface area contributed by atoms with Crippen LogP contribution in [0, 0.1) is 16.0 Å². The minimum absolute atomic E-state index is 0.0700. The molecule has 1 aliphatic rings. The number of nitro groups is 1. The highest BCUT2D eigenvalue weighted by Gasteiger charge is 2.35. The normalized spacial score (nSPS) is 14.6. The molecule has 1 amide bonds. The molecule has 11 heteroatoms. The molecule has 0 aromatic heterocycles. The number of hydrogen-bond donors (Lipinski definition) is 0. The monoisotopic (exact) mass is 481 g/mol. The molecular weight excluding hydrogens is 455 g/mol. The largest absolute Gasteiger partial charge is 0.497 e. The number of ether oxygens (including phenoxy) is 2. The number of nitro benzene ring substituents is 1. The topological polar surface area (TPSA) is 85.2 Å². The van der Waals surface area contributed by atoms with Crippen molar-refractivity contribution in [3.63, 3.8) is 0 Å². The first-order valence-electron chi connectivity index (χ1n) is 10.6. The molecule has 2 aromatic rings. The van der Waals surface area contributed by atoms with Gasteiger partial charge in [0.25, 0.3) is 5.69 Å². The van der Waals surface area contributed by atoms with Gasteiger partial charge in [-0.25, -0.2) is 0 Å². The average Bonchev–Trinajstić information content (AvgIpc) is 2.82. The van der Waals surface area contributed by atoms with Crippen molar-refractivity contribution in [1.29, 1.82) is 0 Å². The van der Waals surface area contributed by atoms with Crippen molar-refractivity contribution in [2.75, 3.05) is 39.3 Å². The summed E-state index contributed by atoms with van der Waals surface area (Å²) in [5.74, 6) is 0.876. The van der Waals surface area contributed by atoms with Gasteiger partial charge in [0.2, 0.25) is 5.91 Å². The quantitative estimate of drug-likeness (QED) is 0.428. The minimum atomic E-state index is -4.67. The Morgan fingerprint density at radius 3 is 2.38 bits per heavy atom. The minimum Gasteiger partial charge on any atom is -0.497 e. The Kier molecular flexibility index (Phi) is 7.53. The number of halogens is 3. The van der Waals surface area contributed by atoms with Gasteiger partial charge in [0, 0.05) is 50.3 Å². The summed E-state index contributed by atoms with van der Waals surface area (Å²) in [6.45, 7) is 0.973. The summed E-state index contributed by atoms with van der Waals surface area (Å²) in [5, 5.41) is 11.4. The van der Waals surface area contributed by atoms with Crippen molar-refractivity contribution in [2.45, 2.75) is 25.6 Å². The summed E-state index contributed by atoms with van der Waals surface area (Å²) in [5.41, 5.74) is -0.718. The maximum absolute atomic E-state index is 13.0. The molecule has 0 atom stereocenters. The fourth-order valence-electron chi connectivity index (χ4n) is 4.11. The van der Waals surface area contributed by atoms with E-state index in [2.05, 4.69) is 0 Å². The van der Waals surface area contributed by atoms with Crippen molar-refractivity contribution in [3.05, 3.63) is 57.6 Å². The number of rotatable bonds is 7. The molecule has 2 aromatic carbocycles. The first-order valence-corrected chi connectivity index (χ1v) is 10.6. The predicted octanol–water partition coefficient (Wildman–Crippen LogP) is 4.51. The van der Waals surface area contributed by atoms with Gasteiger partial charge in [-0.05, 0) is 37.1 Å². The number of piperidine rings is 1. The van der Waals surface area contributed by atoms with Crippen LogP contribution < -0.4 is 14.4 Å². The van der Waals surface area contributed by atoms with Crippen LogP contribution in [0.1, 0.15) is 24.0 Å². The number of carbonyl (C=O) groups is 1. The van der Waals surface area contributed by atoms with E-state index in [0.29, 0.717) is 50.0 Å². The van der Waals surface area contributed by atoms with Gasteiger partial charge in [-0.2, -0.15) is 13.2 Å². The Balaban J connectivity index is 1.67. The molecule has 0 spiro atoms. The molecule has 34 heavy (non-hydrogen) atoms. The molecule has 0 bridgehead atoms. The van der Waals surface area contributed by atoms with Gasteiger partial charge < -0.3 is 19.3 Å². The Bertz CT molecular complexity index is 1050. The maximum Gasteiger partial charge on any atom is 0.416 e. The van der Waals surface area contributed by atoms with Crippen molar-refractivity contribution >= 4 is 17.3 Å². The zero-order chi connectivity index (χ0) is 25.0. The lowest BCUT2D eigenvalue weighted by Gasteiger charge is -2.34. The van der Waals surface area contributed by atoms with Crippen LogP contribution in [0.5, 0.6) is 11.5 Å². The van der Waals surface area contributed by atoms with E-state index in [1.165, 1.54) is 7.11 Å². The Labute approximate surface area is 195 Å². The molecule has 0 unspecified atom stereocenters. The lowest BCUT2D eigenvalue weighted by Crippen LogP contribution is -2.41. The SMILES string of the molecule is COc1ccc(CN(C)C(=O)C2CCN(c3ccc(C(F)(F)F)cc3[N+](=O)[O-])CC2)c(OC)c1. The molecule has 0 saturated carbocycles. The number of hydrogen-bond acceptors (Lipinski definition) is 6. The highest BCUT2D eigenvalue weighted by molar-refractivity contribution is 5.79. The second-order valence-corrected chi connectivity index (χ2v) is 8.09.